The lowest BCUT2D eigenvalue weighted by atomic mass is 10.0. The van der Waals surface area contributed by atoms with Crippen LogP contribution in [0.25, 0.3) is 5.65 Å². The van der Waals surface area contributed by atoms with Crippen LogP contribution in [0.15, 0.2) is 42.5 Å². The van der Waals surface area contributed by atoms with Crippen LogP contribution >= 0.6 is 0 Å². The third-order valence-electron chi connectivity index (χ3n) is 3.03. The maximum Gasteiger partial charge on any atom is 0.200 e. The third kappa shape index (κ3) is 2.52. The molecule has 0 unspecified atom stereocenters. The predicted molar refractivity (Wildman–Crippen MR) is 71.9 cm³/mol. The van der Waals surface area contributed by atoms with Crippen LogP contribution in [0.5, 0.6) is 0 Å². The molecule has 96 valence electrons. The summed E-state index contributed by atoms with van der Waals surface area (Å²) in [6, 6.07) is 14.1. The Morgan fingerprint density at radius 3 is 2.84 bits per heavy atom. The van der Waals surface area contributed by atoms with Crippen molar-refractivity contribution in [3.05, 3.63) is 48.0 Å². The van der Waals surface area contributed by atoms with Gasteiger partial charge in [0, 0.05) is 6.54 Å². The highest BCUT2D eigenvalue weighted by molar-refractivity contribution is 5.42. The smallest absolute Gasteiger partial charge is 0.200 e. The normalized spacial score (nSPS) is 12.5. The number of hydrogen-bond donors (Lipinski definition) is 1. The summed E-state index contributed by atoms with van der Waals surface area (Å²) in [6.45, 7) is 2.99. The van der Waals surface area contributed by atoms with Gasteiger partial charge >= 0.3 is 0 Å². The third-order valence-corrected chi connectivity index (χ3v) is 3.03. The second-order valence-corrected chi connectivity index (χ2v) is 4.44. The Balaban J connectivity index is 1.68. The molecule has 0 aliphatic rings. The topological polar surface area (TPSA) is 68.0 Å². The monoisotopic (exact) mass is 254 g/mol. The summed E-state index contributed by atoms with van der Waals surface area (Å²) >= 11 is 0. The van der Waals surface area contributed by atoms with E-state index in [0.29, 0.717) is 11.6 Å². The minimum absolute atomic E-state index is 0.410. The summed E-state index contributed by atoms with van der Waals surface area (Å²) in [5.41, 5.74) is 1.94. The number of nitrogens with zero attached hydrogens (tertiary/aromatic N) is 5. The molecule has 0 saturated carbocycles. The van der Waals surface area contributed by atoms with E-state index in [1.54, 1.807) is 0 Å². The lowest BCUT2D eigenvalue weighted by Gasteiger charge is -2.13. The van der Waals surface area contributed by atoms with Crippen LogP contribution in [0.4, 0.5) is 5.82 Å². The molecule has 0 bridgehead atoms. The van der Waals surface area contributed by atoms with Crippen molar-refractivity contribution in [1.29, 1.82) is 0 Å². The van der Waals surface area contributed by atoms with E-state index in [-0.39, 0.29) is 0 Å². The van der Waals surface area contributed by atoms with Crippen molar-refractivity contribution in [3.63, 3.8) is 0 Å². The molecule has 1 aromatic carbocycles. The standard InChI is InChI=1S/C13H14N6/c1-10(11-5-3-2-4-6-11)9-14-12-7-8-13-15-17-18-19(13)16-12/h2-8,10H,9H2,1H3,(H,14,16)/t10-/m0/s1. The summed E-state index contributed by atoms with van der Waals surface area (Å²) in [4.78, 5) is 0. The fourth-order valence-corrected chi connectivity index (χ4v) is 1.90. The first-order chi connectivity index (χ1) is 9.33. The van der Waals surface area contributed by atoms with Crippen molar-refractivity contribution in [3.8, 4) is 0 Å². The fraction of sp³-hybridized carbons (Fsp3) is 0.231. The van der Waals surface area contributed by atoms with Gasteiger partial charge in [0.2, 0.25) is 0 Å². The van der Waals surface area contributed by atoms with Gasteiger partial charge in [0.05, 0.1) is 0 Å². The van der Waals surface area contributed by atoms with Crippen LogP contribution in [0.2, 0.25) is 0 Å². The van der Waals surface area contributed by atoms with Gasteiger partial charge in [0.1, 0.15) is 5.82 Å². The zero-order valence-electron chi connectivity index (χ0n) is 10.6. The van der Waals surface area contributed by atoms with Crippen molar-refractivity contribution in [2.24, 2.45) is 0 Å². The highest BCUT2D eigenvalue weighted by atomic mass is 15.6. The van der Waals surface area contributed by atoms with Gasteiger partial charge in [0.25, 0.3) is 0 Å². The van der Waals surface area contributed by atoms with Gasteiger partial charge in [-0.3, -0.25) is 0 Å². The minimum atomic E-state index is 0.410. The zero-order valence-corrected chi connectivity index (χ0v) is 10.6. The molecular formula is C13H14N6. The molecule has 0 aliphatic carbocycles. The lowest BCUT2D eigenvalue weighted by molar-refractivity contribution is 0.728. The lowest BCUT2D eigenvalue weighted by Crippen LogP contribution is -2.12. The number of hydrogen-bond acceptors (Lipinski definition) is 5. The maximum absolute atomic E-state index is 4.27. The van der Waals surface area contributed by atoms with E-state index in [1.165, 1.54) is 10.2 Å². The van der Waals surface area contributed by atoms with Gasteiger partial charge in [0.15, 0.2) is 5.65 Å². The van der Waals surface area contributed by atoms with Crippen LogP contribution in [0, 0.1) is 0 Å². The molecule has 19 heavy (non-hydrogen) atoms. The summed E-state index contributed by atoms with van der Waals surface area (Å²) in [5.74, 6) is 1.18. The molecule has 6 heteroatoms. The average molecular weight is 254 g/mol. The van der Waals surface area contributed by atoms with E-state index < -0.39 is 0 Å². The van der Waals surface area contributed by atoms with Crippen molar-refractivity contribution in [1.82, 2.24) is 25.3 Å². The molecule has 0 saturated heterocycles. The number of tetrazole rings is 1. The molecule has 0 amide bonds. The van der Waals surface area contributed by atoms with Crippen molar-refractivity contribution < 1.29 is 0 Å². The Kier molecular flexibility index (Phi) is 3.06. The van der Waals surface area contributed by atoms with Crippen LogP contribution in [-0.2, 0) is 0 Å². The van der Waals surface area contributed by atoms with Crippen LogP contribution in [0.1, 0.15) is 18.4 Å². The number of anilines is 1. The molecule has 1 atom stereocenters. The van der Waals surface area contributed by atoms with Crippen molar-refractivity contribution in [2.75, 3.05) is 11.9 Å². The molecule has 0 radical (unpaired) electrons. The Hall–Kier alpha value is -2.50. The number of benzene rings is 1. The Bertz CT molecular complexity index is 663. The van der Waals surface area contributed by atoms with E-state index in [0.717, 1.165) is 12.4 Å². The quantitative estimate of drug-likeness (QED) is 0.768. The molecule has 2 aromatic heterocycles. The summed E-state index contributed by atoms with van der Waals surface area (Å²) < 4.78 is 1.41. The van der Waals surface area contributed by atoms with Crippen LogP contribution < -0.4 is 5.32 Å². The van der Waals surface area contributed by atoms with E-state index in [4.69, 9.17) is 0 Å². The van der Waals surface area contributed by atoms with Gasteiger partial charge < -0.3 is 5.32 Å². The Morgan fingerprint density at radius 1 is 1.16 bits per heavy atom. The zero-order chi connectivity index (χ0) is 13.1. The first-order valence-corrected chi connectivity index (χ1v) is 6.17. The molecule has 0 aliphatic heterocycles. The molecular weight excluding hydrogens is 240 g/mol. The summed E-state index contributed by atoms with van der Waals surface area (Å²) in [5, 5.41) is 18.7. The van der Waals surface area contributed by atoms with Gasteiger partial charge in [-0.1, -0.05) is 37.3 Å². The largest absolute Gasteiger partial charge is 0.368 e. The molecule has 3 aromatic rings. The number of fused-ring (bicyclic) bond motifs is 1. The highest BCUT2D eigenvalue weighted by Crippen LogP contribution is 2.15. The van der Waals surface area contributed by atoms with Crippen molar-refractivity contribution >= 4 is 11.5 Å². The summed E-state index contributed by atoms with van der Waals surface area (Å²) in [6.07, 6.45) is 0. The predicted octanol–water partition coefficient (Wildman–Crippen LogP) is 1.73. The van der Waals surface area contributed by atoms with E-state index >= 15 is 0 Å². The first kappa shape index (κ1) is 11.6. The van der Waals surface area contributed by atoms with Crippen LogP contribution in [0.3, 0.4) is 0 Å². The molecule has 0 spiro atoms. The molecule has 1 N–H and O–H groups in total. The molecule has 3 rings (SSSR count). The van der Waals surface area contributed by atoms with Gasteiger partial charge in [-0.2, -0.15) is 0 Å². The van der Waals surface area contributed by atoms with Gasteiger partial charge in [-0.25, -0.2) is 0 Å². The maximum atomic E-state index is 4.27. The molecule has 6 nitrogen and oxygen atoms in total. The number of rotatable bonds is 4. The minimum Gasteiger partial charge on any atom is -0.368 e. The number of nitrogens with one attached hydrogen (secondary N) is 1. The first-order valence-electron chi connectivity index (χ1n) is 6.17. The van der Waals surface area contributed by atoms with Gasteiger partial charge in [-0.15, -0.1) is 14.8 Å². The van der Waals surface area contributed by atoms with E-state index in [9.17, 15) is 0 Å². The Labute approximate surface area is 110 Å². The van der Waals surface area contributed by atoms with Gasteiger partial charge in [-0.05, 0) is 34.0 Å². The van der Waals surface area contributed by atoms with Crippen molar-refractivity contribution in [2.45, 2.75) is 12.8 Å². The van der Waals surface area contributed by atoms with E-state index in [1.807, 2.05) is 18.2 Å². The van der Waals surface area contributed by atoms with Crippen LogP contribution in [-0.4, -0.2) is 31.8 Å². The SMILES string of the molecule is C[C@@H](CNc1ccc2nnnn2n1)c1ccccc1. The highest BCUT2D eigenvalue weighted by Gasteiger charge is 2.06. The molecule has 2 heterocycles. The number of aromatic nitrogens is 5. The Morgan fingerprint density at radius 2 is 2.00 bits per heavy atom. The summed E-state index contributed by atoms with van der Waals surface area (Å²) in [7, 11) is 0. The van der Waals surface area contributed by atoms with E-state index in [2.05, 4.69) is 57.1 Å². The second kappa shape index (κ2) is 5.01. The second-order valence-electron chi connectivity index (χ2n) is 4.44. The fourth-order valence-electron chi connectivity index (χ4n) is 1.90. The molecule has 0 fully saturated rings. The average Bonchev–Trinajstić information content (AvgIpc) is 2.93.